The Hall–Kier alpha value is -3.00. The number of hydrogen-bond acceptors (Lipinski definition) is 6. The van der Waals surface area contributed by atoms with Crippen LogP contribution in [0.4, 0.5) is 21.8 Å². The van der Waals surface area contributed by atoms with Crippen molar-refractivity contribution in [3.05, 3.63) is 54.0 Å². The van der Waals surface area contributed by atoms with Gasteiger partial charge in [-0.2, -0.15) is 4.98 Å². The molecule has 2 aromatic rings. The van der Waals surface area contributed by atoms with E-state index in [2.05, 4.69) is 44.6 Å². The molecular formula is C22H27FN6O. The number of carbonyl (C=O) groups is 1. The lowest BCUT2D eigenvalue weighted by Gasteiger charge is -2.32. The second kappa shape index (κ2) is 9.21. The monoisotopic (exact) mass is 410 g/mol. The summed E-state index contributed by atoms with van der Waals surface area (Å²) < 4.78 is 14.3. The van der Waals surface area contributed by atoms with E-state index in [1.165, 1.54) is 17.2 Å². The van der Waals surface area contributed by atoms with E-state index in [4.69, 9.17) is 0 Å². The molecule has 0 aliphatic carbocycles. The minimum Gasteiger partial charge on any atom is -0.363 e. The molecule has 1 unspecified atom stereocenters. The number of likely N-dealkylation sites (tertiary alicyclic amines) is 1. The van der Waals surface area contributed by atoms with Crippen LogP contribution in [0.25, 0.3) is 0 Å². The highest BCUT2D eigenvalue weighted by molar-refractivity contribution is 5.87. The van der Waals surface area contributed by atoms with Crippen LogP contribution in [0.1, 0.15) is 30.4 Å². The summed E-state index contributed by atoms with van der Waals surface area (Å²) in [5.41, 5.74) is 3.48. The van der Waals surface area contributed by atoms with Gasteiger partial charge in [-0.25, -0.2) is 9.37 Å². The smallest absolute Gasteiger partial charge is 0.246 e. The molecule has 0 saturated carbocycles. The SMILES string of the molecule is C=CC(=O)N1CCCC(Nc2nc(Nc3ccc4c(c3)CNCCC4)ncc2F)C1. The van der Waals surface area contributed by atoms with Crippen LogP contribution in [0.2, 0.25) is 0 Å². The number of halogens is 1. The molecule has 0 radical (unpaired) electrons. The Morgan fingerprint density at radius 2 is 2.23 bits per heavy atom. The molecule has 2 aliphatic rings. The van der Waals surface area contributed by atoms with Gasteiger partial charge in [-0.1, -0.05) is 12.6 Å². The molecule has 1 fully saturated rings. The minimum absolute atomic E-state index is 0.0709. The molecule has 3 N–H and O–H groups in total. The van der Waals surface area contributed by atoms with Crippen LogP contribution in [0.15, 0.2) is 37.1 Å². The van der Waals surface area contributed by atoms with Gasteiger partial charge in [0.15, 0.2) is 11.6 Å². The van der Waals surface area contributed by atoms with E-state index in [9.17, 15) is 9.18 Å². The summed E-state index contributed by atoms with van der Waals surface area (Å²) in [6.45, 7) is 6.58. The molecule has 8 heteroatoms. The van der Waals surface area contributed by atoms with E-state index in [1.54, 1.807) is 4.90 Å². The third kappa shape index (κ3) is 4.76. The topological polar surface area (TPSA) is 82.2 Å². The third-order valence-electron chi connectivity index (χ3n) is 5.57. The van der Waals surface area contributed by atoms with Gasteiger partial charge >= 0.3 is 0 Å². The van der Waals surface area contributed by atoms with Crippen LogP contribution in [0.5, 0.6) is 0 Å². The Balaban J connectivity index is 1.46. The average Bonchev–Trinajstić information content (AvgIpc) is 3.01. The molecule has 158 valence electrons. The highest BCUT2D eigenvalue weighted by Crippen LogP contribution is 2.23. The first kappa shape index (κ1) is 20.3. The molecular weight excluding hydrogens is 383 g/mol. The maximum atomic E-state index is 14.3. The summed E-state index contributed by atoms with van der Waals surface area (Å²) in [7, 11) is 0. The van der Waals surface area contributed by atoms with Gasteiger partial charge in [0.2, 0.25) is 11.9 Å². The predicted molar refractivity (Wildman–Crippen MR) is 115 cm³/mol. The molecule has 0 spiro atoms. The molecule has 30 heavy (non-hydrogen) atoms. The van der Waals surface area contributed by atoms with Gasteiger partial charge in [-0.3, -0.25) is 4.79 Å². The molecule has 1 amide bonds. The second-order valence-electron chi connectivity index (χ2n) is 7.75. The predicted octanol–water partition coefficient (Wildman–Crippen LogP) is 2.98. The summed E-state index contributed by atoms with van der Waals surface area (Å²) in [5, 5.41) is 9.74. The molecule has 1 aromatic carbocycles. The first-order valence-electron chi connectivity index (χ1n) is 10.4. The molecule has 1 aromatic heterocycles. The van der Waals surface area contributed by atoms with E-state index < -0.39 is 5.82 Å². The standard InChI is InChI=1S/C22H27FN6O/c1-2-20(30)29-10-4-6-18(14-29)26-21-19(23)13-25-22(28-21)27-17-8-7-15-5-3-9-24-12-16(15)11-17/h2,7-8,11,13,18,24H,1,3-6,9-10,12,14H2,(H2,25,26,27,28). The van der Waals surface area contributed by atoms with Crippen LogP contribution in [0, 0.1) is 5.82 Å². The lowest BCUT2D eigenvalue weighted by atomic mass is 10.0. The lowest BCUT2D eigenvalue weighted by molar-refractivity contribution is -0.127. The van der Waals surface area contributed by atoms with Crippen molar-refractivity contribution in [1.29, 1.82) is 0 Å². The molecule has 2 aliphatic heterocycles. The Labute approximate surface area is 175 Å². The maximum absolute atomic E-state index is 14.3. The van der Waals surface area contributed by atoms with Crippen LogP contribution in [-0.2, 0) is 17.8 Å². The van der Waals surface area contributed by atoms with Crippen molar-refractivity contribution >= 4 is 23.4 Å². The van der Waals surface area contributed by atoms with Gasteiger partial charge in [0.05, 0.1) is 6.20 Å². The molecule has 7 nitrogen and oxygen atoms in total. The maximum Gasteiger partial charge on any atom is 0.246 e. The van der Waals surface area contributed by atoms with E-state index in [-0.39, 0.29) is 17.8 Å². The van der Waals surface area contributed by atoms with Crippen LogP contribution >= 0.6 is 0 Å². The van der Waals surface area contributed by atoms with Gasteiger partial charge in [0, 0.05) is 31.4 Å². The number of aromatic nitrogens is 2. The largest absolute Gasteiger partial charge is 0.363 e. The fourth-order valence-corrected chi connectivity index (χ4v) is 4.01. The number of anilines is 3. The molecule has 3 heterocycles. The Morgan fingerprint density at radius 1 is 1.33 bits per heavy atom. The number of benzene rings is 1. The zero-order valence-electron chi connectivity index (χ0n) is 17.0. The average molecular weight is 410 g/mol. The van der Waals surface area contributed by atoms with Crippen molar-refractivity contribution in [2.24, 2.45) is 0 Å². The van der Waals surface area contributed by atoms with Crippen LogP contribution in [0.3, 0.4) is 0 Å². The summed E-state index contributed by atoms with van der Waals surface area (Å²) in [5.74, 6) is -0.152. The van der Waals surface area contributed by atoms with E-state index in [0.29, 0.717) is 19.0 Å². The first-order valence-corrected chi connectivity index (χ1v) is 10.4. The molecule has 0 bridgehead atoms. The first-order chi connectivity index (χ1) is 14.6. The van der Waals surface area contributed by atoms with E-state index >= 15 is 0 Å². The Morgan fingerprint density at radius 3 is 3.10 bits per heavy atom. The van der Waals surface area contributed by atoms with E-state index in [1.807, 2.05) is 6.07 Å². The van der Waals surface area contributed by atoms with Gasteiger partial charge in [-0.15, -0.1) is 0 Å². The highest BCUT2D eigenvalue weighted by atomic mass is 19.1. The van der Waals surface area contributed by atoms with Gasteiger partial charge in [0.25, 0.3) is 0 Å². The third-order valence-corrected chi connectivity index (χ3v) is 5.57. The van der Waals surface area contributed by atoms with E-state index in [0.717, 1.165) is 50.7 Å². The Kier molecular flexibility index (Phi) is 6.23. The number of nitrogens with zero attached hydrogens (tertiary/aromatic N) is 3. The van der Waals surface area contributed by atoms with Gasteiger partial charge < -0.3 is 20.9 Å². The van der Waals surface area contributed by atoms with Crippen molar-refractivity contribution in [3.63, 3.8) is 0 Å². The number of nitrogens with one attached hydrogen (secondary N) is 3. The number of hydrogen-bond donors (Lipinski definition) is 3. The number of amides is 1. The highest BCUT2D eigenvalue weighted by Gasteiger charge is 2.23. The van der Waals surface area contributed by atoms with Crippen molar-refractivity contribution in [2.45, 2.75) is 38.3 Å². The second-order valence-corrected chi connectivity index (χ2v) is 7.75. The van der Waals surface area contributed by atoms with Crippen LogP contribution in [-0.4, -0.2) is 46.5 Å². The summed E-state index contributed by atoms with van der Waals surface area (Å²) in [4.78, 5) is 22.0. The van der Waals surface area contributed by atoms with Gasteiger partial charge in [-0.05, 0) is 61.6 Å². The normalized spacial score (nSPS) is 18.8. The molecule has 1 atom stereocenters. The van der Waals surface area contributed by atoms with Crippen molar-refractivity contribution in [3.8, 4) is 0 Å². The molecule has 1 saturated heterocycles. The van der Waals surface area contributed by atoms with Crippen molar-refractivity contribution < 1.29 is 9.18 Å². The number of fused-ring (bicyclic) bond motifs is 1. The van der Waals surface area contributed by atoms with Gasteiger partial charge in [0.1, 0.15) is 0 Å². The number of piperidine rings is 1. The van der Waals surface area contributed by atoms with Crippen LogP contribution < -0.4 is 16.0 Å². The lowest BCUT2D eigenvalue weighted by Crippen LogP contribution is -2.44. The summed E-state index contributed by atoms with van der Waals surface area (Å²) >= 11 is 0. The Bertz CT molecular complexity index is 934. The summed E-state index contributed by atoms with van der Waals surface area (Å²) in [6, 6.07) is 6.15. The molecule has 4 rings (SSSR count). The summed E-state index contributed by atoms with van der Waals surface area (Å²) in [6.07, 6.45) is 6.36. The minimum atomic E-state index is -0.515. The quantitative estimate of drug-likeness (QED) is 0.658. The van der Waals surface area contributed by atoms with Crippen molar-refractivity contribution in [2.75, 3.05) is 30.3 Å². The fourth-order valence-electron chi connectivity index (χ4n) is 4.01. The number of rotatable bonds is 5. The number of aryl methyl sites for hydroxylation is 1. The van der Waals surface area contributed by atoms with Crippen molar-refractivity contribution in [1.82, 2.24) is 20.2 Å². The zero-order valence-corrected chi connectivity index (χ0v) is 17.0. The number of carbonyl (C=O) groups excluding carboxylic acids is 1. The zero-order chi connectivity index (χ0) is 20.9. The fraction of sp³-hybridized carbons (Fsp3) is 0.409.